The van der Waals surface area contributed by atoms with Crippen LogP contribution in [0.15, 0.2) is 18.2 Å². The molecule has 0 atom stereocenters. The first-order valence-corrected chi connectivity index (χ1v) is 7.37. The standard InChI is InChI=1S/C13H15N3O2S2/c1-7(2)5-11(18)15-12(19)16-13-14-9-4-3-8(17)6-10(9)20-13/h3-4,6-7,17H,5H2,1-2H3,(H2,14,15,16,18,19). The fraction of sp³-hybridized carbons (Fsp3) is 0.308. The van der Waals surface area contributed by atoms with Crippen LogP contribution in [0.2, 0.25) is 0 Å². The van der Waals surface area contributed by atoms with Crippen molar-refractivity contribution < 1.29 is 9.90 Å². The lowest BCUT2D eigenvalue weighted by Gasteiger charge is -2.08. The molecule has 7 heteroatoms. The average Bonchev–Trinajstić information content (AvgIpc) is 2.68. The van der Waals surface area contributed by atoms with Gasteiger partial charge in [-0.15, -0.1) is 0 Å². The number of carbonyl (C=O) groups excluding carboxylic acids is 1. The van der Waals surface area contributed by atoms with E-state index in [1.807, 2.05) is 13.8 Å². The summed E-state index contributed by atoms with van der Waals surface area (Å²) < 4.78 is 0.851. The number of benzene rings is 1. The molecule has 0 aliphatic carbocycles. The second-order valence-electron chi connectivity index (χ2n) is 4.77. The Morgan fingerprint density at radius 2 is 2.25 bits per heavy atom. The second kappa shape index (κ2) is 6.15. The molecule has 1 aromatic heterocycles. The smallest absolute Gasteiger partial charge is 0.226 e. The maximum Gasteiger partial charge on any atom is 0.226 e. The van der Waals surface area contributed by atoms with Gasteiger partial charge in [-0.1, -0.05) is 25.2 Å². The van der Waals surface area contributed by atoms with Crippen molar-refractivity contribution in [2.75, 3.05) is 5.32 Å². The van der Waals surface area contributed by atoms with E-state index < -0.39 is 0 Å². The van der Waals surface area contributed by atoms with E-state index in [4.69, 9.17) is 12.2 Å². The topological polar surface area (TPSA) is 74.2 Å². The van der Waals surface area contributed by atoms with Gasteiger partial charge in [0.2, 0.25) is 5.91 Å². The summed E-state index contributed by atoms with van der Waals surface area (Å²) in [7, 11) is 0. The van der Waals surface area contributed by atoms with Crippen molar-refractivity contribution >= 4 is 49.9 Å². The number of rotatable bonds is 3. The van der Waals surface area contributed by atoms with E-state index in [1.54, 1.807) is 18.2 Å². The van der Waals surface area contributed by atoms with Crippen LogP contribution in [0.25, 0.3) is 10.2 Å². The summed E-state index contributed by atoms with van der Waals surface area (Å²) in [6, 6.07) is 4.94. The van der Waals surface area contributed by atoms with Crippen molar-refractivity contribution in [2.45, 2.75) is 20.3 Å². The number of aromatic nitrogens is 1. The first-order valence-electron chi connectivity index (χ1n) is 6.14. The van der Waals surface area contributed by atoms with Crippen molar-refractivity contribution in [3.05, 3.63) is 18.2 Å². The van der Waals surface area contributed by atoms with Crippen LogP contribution in [-0.4, -0.2) is 21.1 Å². The quantitative estimate of drug-likeness (QED) is 0.760. The van der Waals surface area contributed by atoms with Gasteiger partial charge in [0.25, 0.3) is 0 Å². The van der Waals surface area contributed by atoms with Crippen LogP contribution in [0.4, 0.5) is 5.13 Å². The Morgan fingerprint density at radius 3 is 2.95 bits per heavy atom. The van der Waals surface area contributed by atoms with Crippen LogP contribution in [0.3, 0.4) is 0 Å². The fourth-order valence-electron chi connectivity index (χ4n) is 1.64. The number of aromatic hydroxyl groups is 1. The van der Waals surface area contributed by atoms with Crippen LogP contribution in [-0.2, 0) is 4.79 Å². The molecule has 0 radical (unpaired) electrons. The van der Waals surface area contributed by atoms with Gasteiger partial charge in [-0.3, -0.25) is 4.79 Å². The Hall–Kier alpha value is -1.73. The highest BCUT2D eigenvalue weighted by molar-refractivity contribution is 7.80. The van der Waals surface area contributed by atoms with Gasteiger partial charge in [0.05, 0.1) is 10.2 Å². The first-order chi connectivity index (χ1) is 9.44. The molecule has 0 spiro atoms. The lowest BCUT2D eigenvalue weighted by Crippen LogP contribution is -2.34. The van der Waals surface area contributed by atoms with Crippen LogP contribution in [0, 0.1) is 5.92 Å². The van der Waals surface area contributed by atoms with Crippen LogP contribution < -0.4 is 10.6 Å². The number of anilines is 1. The van der Waals surface area contributed by atoms with Gasteiger partial charge in [-0.05, 0) is 36.3 Å². The Labute approximate surface area is 126 Å². The maximum absolute atomic E-state index is 11.6. The Balaban J connectivity index is 2.01. The number of thiazole rings is 1. The van der Waals surface area contributed by atoms with Gasteiger partial charge >= 0.3 is 0 Å². The Morgan fingerprint density at radius 1 is 1.50 bits per heavy atom. The number of amides is 1. The number of phenolic OH excluding ortho intramolecular Hbond substituents is 1. The molecular weight excluding hydrogens is 294 g/mol. The summed E-state index contributed by atoms with van der Waals surface area (Å²) in [5.41, 5.74) is 0.770. The lowest BCUT2D eigenvalue weighted by molar-refractivity contribution is -0.120. The molecule has 106 valence electrons. The number of hydrogen-bond donors (Lipinski definition) is 3. The number of thiocarbonyl (C=S) groups is 1. The molecule has 0 bridgehead atoms. The molecule has 2 rings (SSSR count). The summed E-state index contributed by atoms with van der Waals surface area (Å²) in [5, 5.41) is 15.7. The molecule has 1 heterocycles. The maximum atomic E-state index is 11.6. The van der Waals surface area contributed by atoms with Crippen molar-refractivity contribution in [2.24, 2.45) is 5.92 Å². The zero-order chi connectivity index (χ0) is 14.7. The molecule has 1 amide bonds. The van der Waals surface area contributed by atoms with Crippen molar-refractivity contribution in [1.82, 2.24) is 10.3 Å². The van der Waals surface area contributed by atoms with E-state index in [1.165, 1.54) is 11.3 Å². The van der Waals surface area contributed by atoms with Crippen LogP contribution in [0.5, 0.6) is 5.75 Å². The molecule has 1 aromatic carbocycles. The van der Waals surface area contributed by atoms with E-state index in [0.717, 1.165) is 10.2 Å². The summed E-state index contributed by atoms with van der Waals surface area (Å²) in [4.78, 5) is 15.9. The van der Waals surface area contributed by atoms with E-state index in [0.29, 0.717) is 11.6 Å². The van der Waals surface area contributed by atoms with Gasteiger partial charge in [0, 0.05) is 6.42 Å². The number of hydrogen-bond acceptors (Lipinski definition) is 5. The molecule has 5 nitrogen and oxygen atoms in total. The number of phenols is 1. The third-order valence-corrected chi connectivity index (χ3v) is 3.58. The van der Waals surface area contributed by atoms with Crippen LogP contribution >= 0.6 is 23.6 Å². The molecule has 0 aliphatic rings. The largest absolute Gasteiger partial charge is 0.508 e. The summed E-state index contributed by atoms with van der Waals surface area (Å²) in [6.45, 7) is 3.94. The number of nitrogens with zero attached hydrogens (tertiary/aromatic N) is 1. The minimum Gasteiger partial charge on any atom is -0.508 e. The lowest BCUT2D eigenvalue weighted by atomic mass is 10.1. The molecule has 0 saturated heterocycles. The monoisotopic (exact) mass is 309 g/mol. The molecule has 2 aromatic rings. The third kappa shape index (κ3) is 3.88. The molecule has 3 N–H and O–H groups in total. The number of fused-ring (bicyclic) bond motifs is 1. The van der Waals surface area contributed by atoms with Gasteiger partial charge in [0.1, 0.15) is 5.75 Å². The van der Waals surface area contributed by atoms with Crippen molar-refractivity contribution in [3.63, 3.8) is 0 Å². The van der Waals surface area contributed by atoms with Gasteiger partial charge in [-0.25, -0.2) is 4.98 Å². The SMILES string of the molecule is CC(C)CC(=O)NC(=S)Nc1nc2ccc(O)cc2s1. The minimum atomic E-state index is -0.115. The van der Waals surface area contributed by atoms with E-state index in [9.17, 15) is 9.90 Å². The normalized spacial score (nSPS) is 10.8. The van der Waals surface area contributed by atoms with Gasteiger partial charge in [-0.2, -0.15) is 0 Å². The molecule has 20 heavy (non-hydrogen) atoms. The molecule has 0 fully saturated rings. The van der Waals surface area contributed by atoms with Crippen molar-refractivity contribution in [3.8, 4) is 5.75 Å². The second-order valence-corrected chi connectivity index (χ2v) is 6.21. The third-order valence-electron chi connectivity index (χ3n) is 2.44. The average molecular weight is 309 g/mol. The zero-order valence-electron chi connectivity index (χ0n) is 11.1. The first kappa shape index (κ1) is 14.7. The number of carbonyl (C=O) groups is 1. The minimum absolute atomic E-state index is 0.115. The predicted molar refractivity (Wildman–Crippen MR) is 85.1 cm³/mol. The summed E-state index contributed by atoms with van der Waals surface area (Å²) in [5.74, 6) is 0.361. The van der Waals surface area contributed by atoms with Gasteiger partial charge in [0.15, 0.2) is 10.2 Å². The van der Waals surface area contributed by atoms with Crippen molar-refractivity contribution in [1.29, 1.82) is 0 Å². The molecule has 0 aliphatic heterocycles. The summed E-state index contributed by atoms with van der Waals surface area (Å²) >= 11 is 6.43. The van der Waals surface area contributed by atoms with E-state index >= 15 is 0 Å². The number of nitrogens with one attached hydrogen (secondary N) is 2. The molecule has 0 unspecified atom stereocenters. The molecule has 0 saturated carbocycles. The molecular formula is C13H15N3O2S2. The fourth-order valence-corrected chi connectivity index (χ4v) is 2.82. The summed E-state index contributed by atoms with van der Waals surface area (Å²) in [6.07, 6.45) is 0.426. The highest BCUT2D eigenvalue weighted by atomic mass is 32.1. The van der Waals surface area contributed by atoms with Gasteiger partial charge < -0.3 is 15.7 Å². The zero-order valence-corrected chi connectivity index (χ0v) is 12.8. The predicted octanol–water partition coefficient (Wildman–Crippen LogP) is 2.86. The Bertz CT molecular complexity index is 652. The van der Waals surface area contributed by atoms with E-state index in [-0.39, 0.29) is 22.7 Å². The highest BCUT2D eigenvalue weighted by Gasteiger charge is 2.09. The Kier molecular flexibility index (Phi) is 4.51. The van der Waals surface area contributed by atoms with Crippen LogP contribution in [0.1, 0.15) is 20.3 Å². The van der Waals surface area contributed by atoms with E-state index in [2.05, 4.69) is 15.6 Å². The highest BCUT2D eigenvalue weighted by Crippen LogP contribution is 2.28.